The second-order valence-corrected chi connectivity index (χ2v) is 5.83. The number of amides is 1. The molecule has 5 heteroatoms. The van der Waals surface area contributed by atoms with Gasteiger partial charge in [-0.1, -0.05) is 38.2 Å². The summed E-state index contributed by atoms with van der Waals surface area (Å²) >= 11 is 4.91. The number of anilines is 1. The highest BCUT2D eigenvalue weighted by atomic mass is 32.1. The number of ether oxygens (including phenoxy) is 1. The number of nitrogens with two attached hydrogens (primary N) is 1. The molecule has 0 aliphatic heterocycles. The van der Waals surface area contributed by atoms with Gasteiger partial charge in [0.05, 0.1) is 0 Å². The van der Waals surface area contributed by atoms with Gasteiger partial charge in [0.2, 0.25) is 5.91 Å². The fraction of sp³-hybridized carbons (Fsp3) is 0.500. The van der Waals surface area contributed by atoms with Crippen molar-refractivity contribution in [2.24, 2.45) is 11.7 Å². The van der Waals surface area contributed by atoms with E-state index in [0.29, 0.717) is 29.6 Å². The van der Waals surface area contributed by atoms with Gasteiger partial charge in [-0.2, -0.15) is 0 Å². The summed E-state index contributed by atoms with van der Waals surface area (Å²) in [5, 5.41) is 2.84. The molecule has 0 radical (unpaired) electrons. The zero-order valence-electron chi connectivity index (χ0n) is 12.7. The summed E-state index contributed by atoms with van der Waals surface area (Å²) in [6.45, 7) is 5.71. The number of benzene rings is 1. The third-order valence-electron chi connectivity index (χ3n) is 2.96. The van der Waals surface area contributed by atoms with Gasteiger partial charge in [0, 0.05) is 30.9 Å². The molecule has 1 aromatic rings. The molecule has 0 aliphatic carbocycles. The first-order chi connectivity index (χ1) is 9.99. The number of carbonyl (C=O) groups excluding carboxylic acids is 1. The minimum absolute atomic E-state index is 0.0254. The molecule has 0 bridgehead atoms. The van der Waals surface area contributed by atoms with Crippen molar-refractivity contribution in [3.63, 3.8) is 0 Å². The summed E-state index contributed by atoms with van der Waals surface area (Å²) in [7, 11) is 0. The lowest BCUT2D eigenvalue weighted by Gasteiger charge is -2.08. The zero-order valence-corrected chi connectivity index (χ0v) is 13.5. The lowest BCUT2D eigenvalue weighted by Crippen LogP contribution is -2.14. The topological polar surface area (TPSA) is 64.3 Å². The summed E-state index contributed by atoms with van der Waals surface area (Å²) in [5.74, 6) is 0.622. The van der Waals surface area contributed by atoms with Crippen LogP contribution in [-0.2, 0) is 9.53 Å². The van der Waals surface area contributed by atoms with Crippen LogP contribution in [0.15, 0.2) is 24.3 Å². The molecule has 0 atom stereocenters. The van der Waals surface area contributed by atoms with Gasteiger partial charge in [0.15, 0.2) is 0 Å². The van der Waals surface area contributed by atoms with E-state index >= 15 is 0 Å². The van der Waals surface area contributed by atoms with E-state index in [4.69, 9.17) is 22.7 Å². The predicted molar refractivity (Wildman–Crippen MR) is 90.5 cm³/mol. The number of rotatable bonds is 9. The van der Waals surface area contributed by atoms with E-state index < -0.39 is 0 Å². The van der Waals surface area contributed by atoms with E-state index in [0.717, 1.165) is 25.0 Å². The maximum atomic E-state index is 11.8. The number of hydrogen-bond acceptors (Lipinski definition) is 3. The summed E-state index contributed by atoms with van der Waals surface area (Å²) < 4.78 is 5.48. The third-order valence-corrected chi connectivity index (χ3v) is 3.20. The fourth-order valence-electron chi connectivity index (χ4n) is 1.73. The van der Waals surface area contributed by atoms with Crippen molar-refractivity contribution < 1.29 is 9.53 Å². The minimum Gasteiger partial charge on any atom is -0.389 e. The van der Waals surface area contributed by atoms with Crippen molar-refractivity contribution in [3.05, 3.63) is 29.8 Å². The zero-order chi connectivity index (χ0) is 15.7. The molecule has 0 aromatic heterocycles. The molecule has 0 fully saturated rings. The maximum Gasteiger partial charge on any atom is 0.224 e. The van der Waals surface area contributed by atoms with Crippen molar-refractivity contribution in [3.8, 4) is 0 Å². The molecule has 0 spiro atoms. The van der Waals surface area contributed by atoms with Gasteiger partial charge in [-0.15, -0.1) is 0 Å². The molecule has 3 N–H and O–H groups in total. The summed E-state index contributed by atoms with van der Waals surface area (Å²) in [6.07, 6.45) is 2.22. The summed E-state index contributed by atoms with van der Waals surface area (Å²) in [4.78, 5) is 12.1. The average molecular weight is 308 g/mol. The van der Waals surface area contributed by atoms with Gasteiger partial charge in [-0.3, -0.25) is 4.79 Å². The Morgan fingerprint density at radius 3 is 2.81 bits per heavy atom. The smallest absolute Gasteiger partial charge is 0.224 e. The Kier molecular flexibility index (Phi) is 7.93. The maximum absolute atomic E-state index is 11.8. The lowest BCUT2D eigenvalue weighted by molar-refractivity contribution is -0.116. The highest BCUT2D eigenvalue weighted by Gasteiger charge is 2.04. The Morgan fingerprint density at radius 1 is 1.38 bits per heavy atom. The van der Waals surface area contributed by atoms with Crippen LogP contribution in [-0.4, -0.2) is 24.1 Å². The van der Waals surface area contributed by atoms with Crippen LogP contribution < -0.4 is 11.1 Å². The van der Waals surface area contributed by atoms with Crippen LogP contribution in [0.5, 0.6) is 0 Å². The monoisotopic (exact) mass is 308 g/mol. The van der Waals surface area contributed by atoms with Crippen LogP contribution in [0.1, 0.15) is 38.7 Å². The van der Waals surface area contributed by atoms with Gasteiger partial charge in [-0.05, 0) is 30.9 Å². The molecule has 1 amide bonds. The second-order valence-electron chi connectivity index (χ2n) is 5.39. The molecule has 0 unspecified atom stereocenters. The van der Waals surface area contributed by atoms with E-state index in [-0.39, 0.29) is 5.91 Å². The van der Waals surface area contributed by atoms with Crippen molar-refractivity contribution >= 4 is 28.8 Å². The molecule has 116 valence electrons. The first-order valence-electron chi connectivity index (χ1n) is 7.26. The Balaban J connectivity index is 2.24. The molecular formula is C16H24N2O2S. The van der Waals surface area contributed by atoms with E-state index in [1.54, 1.807) is 6.07 Å². The average Bonchev–Trinajstić information content (AvgIpc) is 2.42. The van der Waals surface area contributed by atoms with Crippen molar-refractivity contribution in [1.82, 2.24) is 0 Å². The second kappa shape index (κ2) is 9.47. The number of carbonyl (C=O) groups is 1. The van der Waals surface area contributed by atoms with Crippen LogP contribution in [0, 0.1) is 5.92 Å². The molecule has 1 aromatic carbocycles. The highest BCUT2D eigenvalue weighted by molar-refractivity contribution is 7.80. The Hall–Kier alpha value is -1.46. The van der Waals surface area contributed by atoms with E-state index in [1.165, 1.54) is 0 Å². The Labute approximate surface area is 132 Å². The van der Waals surface area contributed by atoms with Gasteiger partial charge in [0.1, 0.15) is 4.99 Å². The number of hydrogen-bond donors (Lipinski definition) is 2. The minimum atomic E-state index is -0.0254. The number of nitrogens with one attached hydrogen (secondary N) is 1. The quantitative estimate of drug-likeness (QED) is 0.543. The van der Waals surface area contributed by atoms with E-state index in [1.807, 2.05) is 18.2 Å². The molecule has 0 saturated carbocycles. The summed E-state index contributed by atoms with van der Waals surface area (Å²) in [6, 6.07) is 7.23. The SMILES string of the molecule is CC(C)CCOCCCC(=O)Nc1cccc(C(N)=S)c1. The Morgan fingerprint density at radius 2 is 2.14 bits per heavy atom. The van der Waals surface area contributed by atoms with Crippen LogP contribution in [0.2, 0.25) is 0 Å². The van der Waals surface area contributed by atoms with Crippen molar-refractivity contribution in [1.29, 1.82) is 0 Å². The van der Waals surface area contributed by atoms with Crippen molar-refractivity contribution in [2.45, 2.75) is 33.1 Å². The van der Waals surface area contributed by atoms with Crippen LogP contribution >= 0.6 is 12.2 Å². The van der Waals surface area contributed by atoms with Crippen LogP contribution in [0.3, 0.4) is 0 Å². The van der Waals surface area contributed by atoms with E-state index in [9.17, 15) is 4.79 Å². The third kappa shape index (κ3) is 7.78. The number of thiocarbonyl (C=S) groups is 1. The van der Waals surface area contributed by atoms with Gasteiger partial charge >= 0.3 is 0 Å². The highest BCUT2D eigenvalue weighted by Crippen LogP contribution is 2.11. The fourth-order valence-corrected chi connectivity index (χ4v) is 1.86. The van der Waals surface area contributed by atoms with Crippen molar-refractivity contribution in [2.75, 3.05) is 18.5 Å². The molecule has 4 nitrogen and oxygen atoms in total. The molecule has 0 aliphatic rings. The van der Waals surface area contributed by atoms with Crippen LogP contribution in [0.4, 0.5) is 5.69 Å². The molecule has 0 heterocycles. The van der Waals surface area contributed by atoms with Gasteiger partial charge in [-0.25, -0.2) is 0 Å². The largest absolute Gasteiger partial charge is 0.389 e. The normalized spacial score (nSPS) is 10.6. The van der Waals surface area contributed by atoms with Crippen LogP contribution in [0.25, 0.3) is 0 Å². The Bertz CT molecular complexity index is 475. The molecular weight excluding hydrogens is 284 g/mol. The standard InChI is InChI=1S/C16H24N2O2S/c1-12(2)8-10-20-9-4-7-15(19)18-14-6-3-5-13(11-14)16(17)21/h3,5-6,11-12H,4,7-10H2,1-2H3,(H2,17,21)(H,18,19). The first kappa shape index (κ1) is 17.6. The van der Waals surface area contributed by atoms with E-state index in [2.05, 4.69) is 19.2 Å². The summed E-state index contributed by atoms with van der Waals surface area (Å²) in [5.41, 5.74) is 7.03. The van der Waals surface area contributed by atoms with Gasteiger partial charge < -0.3 is 15.8 Å². The van der Waals surface area contributed by atoms with Gasteiger partial charge in [0.25, 0.3) is 0 Å². The predicted octanol–water partition coefficient (Wildman–Crippen LogP) is 3.10. The first-order valence-corrected chi connectivity index (χ1v) is 7.67. The molecule has 21 heavy (non-hydrogen) atoms. The lowest BCUT2D eigenvalue weighted by atomic mass is 10.1. The molecule has 0 saturated heterocycles. The molecule has 1 rings (SSSR count).